The molecular formula is C16H23N3O2. The topological polar surface area (TPSA) is 60.2 Å². The van der Waals surface area contributed by atoms with Crippen LogP contribution < -0.4 is 10.1 Å². The molecule has 0 aliphatic carbocycles. The minimum atomic E-state index is 0.602. The van der Waals surface area contributed by atoms with Gasteiger partial charge in [-0.2, -0.15) is 0 Å². The molecule has 0 amide bonds. The molecule has 114 valence electrons. The lowest BCUT2D eigenvalue weighted by atomic mass is 10.1. The first-order chi connectivity index (χ1) is 10.3. The molecule has 5 heteroatoms. The Kier molecular flexibility index (Phi) is 6.22. The van der Waals surface area contributed by atoms with Crippen LogP contribution >= 0.6 is 0 Å². The quantitative estimate of drug-likeness (QED) is 0.719. The zero-order chi connectivity index (χ0) is 14.9. The molecular weight excluding hydrogens is 266 g/mol. The van der Waals surface area contributed by atoms with E-state index in [1.54, 1.807) is 7.11 Å². The smallest absolute Gasteiger partial charge is 0.221 e. The van der Waals surface area contributed by atoms with Crippen LogP contribution in [-0.4, -0.2) is 30.4 Å². The number of rotatable bonds is 9. The number of methoxy groups -OCH3 is 1. The first-order valence-electron chi connectivity index (χ1n) is 7.47. The third-order valence-corrected chi connectivity index (χ3v) is 3.21. The summed E-state index contributed by atoms with van der Waals surface area (Å²) in [5.74, 6) is 2.19. The Balaban J connectivity index is 1.85. The van der Waals surface area contributed by atoms with Gasteiger partial charge < -0.3 is 14.5 Å². The predicted octanol–water partition coefficient (Wildman–Crippen LogP) is 2.60. The number of para-hydroxylation sites is 1. The molecule has 0 saturated heterocycles. The number of aromatic nitrogens is 2. The van der Waals surface area contributed by atoms with Crippen molar-refractivity contribution in [2.24, 2.45) is 0 Å². The number of hydrogen-bond acceptors (Lipinski definition) is 5. The number of ether oxygens (including phenoxy) is 1. The van der Waals surface area contributed by atoms with E-state index in [0.29, 0.717) is 18.2 Å². The molecule has 0 aliphatic rings. The summed E-state index contributed by atoms with van der Waals surface area (Å²) in [6, 6.07) is 7.88. The molecule has 5 nitrogen and oxygen atoms in total. The van der Waals surface area contributed by atoms with E-state index < -0.39 is 0 Å². The van der Waals surface area contributed by atoms with E-state index in [4.69, 9.17) is 9.15 Å². The Hall–Kier alpha value is -1.88. The molecule has 1 aromatic carbocycles. The first kappa shape index (κ1) is 15.5. The maximum absolute atomic E-state index is 5.69. The zero-order valence-electron chi connectivity index (χ0n) is 12.8. The van der Waals surface area contributed by atoms with Crippen LogP contribution in [0.1, 0.15) is 37.1 Å². The number of nitrogens with zero attached hydrogens (tertiary/aromatic N) is 2. The van der Waals surface area contributed by atoms with E-state index in [2.05, 4.69) is 22.4 Å². The molecule has 1 N–H and O–H groups in total. The molecule has 0 spiro atoms. The van der Waals surface area contributed by atoms with Gasteiger partial charge in [-0.1, -0.05) is 25.1 Å². The summed E-state index contributed by atoms with van der Waals surface area (Å²) in [5, 5.41) is 11.6. The molecule has 21 heavy (non-hydrogen) atoms. The van der Waals surface area contributed by atoms with Gasteiger partial charge in [0, 0.05) is 12.0 Å². The van der Waals surface area contributed by atoms with Crippen molar-refractivity contribution in [1.29, 1.82) is 0 Å². The van der Waals surface area contributed by atoms with Crippen LogP contribution in [0, 0.1) is 0 Å². The molecule has 0 bridgehead atoms. The van der Waals surface area contributed by atoms with E-state index >= 15 is 0 Å². The van der Waals surface area contributed by atoms with Gasteiger partial charge >= 0.3 is 0 Å². The van der Waals surface area contributed by atoms with Crippen LogP contribution in [0.25, 0.3) is 0 Å². The molecule has 2 rings (SSSR count). The highest BCUT2D eigenvalue weighted by Crippen LogP contribution is 2.20. The minimum absolute atomic E-state index is 0.602. The highest BCUT2D eigenvalue weighted by molar-refractivity contribution is 5.34. The van der Waals surface area contributed by atoms with Gasteiger partial charge in [0.2, 0.25) is 11.8 Å². The van der Waals surface area contributed by atoms with Gasteiger partial charge in [0.05, 0.1) is 13.5 Å². The van der Waals surface area contributed by atoms with Crippen LogP contribution in [0.4, 0.5) is 0 Å². The predicted molar refractivity (Wildman–Crippen MR) is 81.6 cm³/mol. The summed E-state index contributed by atoms with van der Waals surface area (Å²) in [4.78, 5) is 0. The van der Waals surface area contributed by atoms with Crippen LogP contribution in [0.3, 0.4) is 0 Å². The summed E-state index contributed by atoms with van der Waals surface area (Å²) in [7, 11) is 1.67. The second-order valence-corrected chi connectivity index (χ2v) is 4.93. The van der Waals surface area contributed by atoms with Gasteiger partial charge in [-0.3, -0.25) is 0 Å². The fourth-order valence-electron chi connectivity index (χ4n) is 2.14. The van der Waals surface area contributed by atoms with Gasteiger partial charge in [0.15, 0.2) is 0 Å². The fraction of sp³-hybridized carbons (Fsp3) is 0.500. The molecule has 0 fully saturated rings. The maximum Gasteiger partial charge on any atom is 0.221 e. The van der Waals surface area contributed by atoms with E-state index in [1.165, 1.54) is 0 Å². The Bertz CT molecular complexity index is 540. The molecule has 0 radical (unpaired) electrons. The van der Waals surface area contributed by atoms with Crippen LogP contribution in [0.2, 0.25) is 0 Å². The Morgan fingerprint density at radius 2 is 1.95 bits per heavy atom. The maximum atomic E-state index is 5.69. The Labute approximate surface area is 125 Å². The van der Waals surface area contributed by atoms with Gasteiger partial charge in [-0.25, -0.2) is 0 Å². The van der Waals surface area contributed by atoms with E-state index in [0.717, 1.165) is 43.7 Å². The lowest BCUT2D eigenvalue weighted by Crippen LogP contribution is -2.16. The zero-order valence-corrected chi connectivity index (χ0v) is 12.8. The molecule has 0 unspecified atom stereocenters. The minimum Gasteiger partial charge on any atom is -0.496 e. The largest absolute Gasteiger partial charge is 0.496 e. The van der Waals surface area contributed by atoms with Gasteiger partial charge in [-0.05, 0) is 32.0 Å². The van der Waals surface area contributed by atoms with Crippen LogP contribution in [0.5, 0.6) is 5.75 Å². The molecule has 0 aliphatic heterocycles. The fourth-order valence-corrected chi connectivity index (χ4v) is 2.14. The Morgan fingerprint density at radius 3 is 2.76 bits per heavy atom. The number of benzene rings is 1. The normalized spacial score (nSPS) is 10.8. The summed E-state index contributed by atoms with van der Waals surface area (Å²) in [5.41, 5.74) is 1.06. The summed E-state index contributed by atoms with van der Waals surface area (Å²) >= 11 is 0. The SMILES string of the molecule is CCCNCCCc1nnc(Cc2ccccc2OC)o1. The third kappa shape index (κ3) is 4.86. The number of aryl methyl sites for hydroxylation is 1. The van der Waals surface area contributed by atoms with Crippen LogP contribution in [-0.2, 0) is 12.8 Å². The lowest BCUT2D eigenvalue weighted by Gasteiger charge is -2.05. The molecule has 1 aromatic heterocycles. The standard InChI is InChI=1S/C16H23N3O2/c1-3-10-17-11-6-9-15-18-19-16(21-15)12-13-7-4-5-8-14(13)20-2/h4-5,7-8,17H,3,6,9-12H2,1-2H3. The monoisotopic (exact) mass is 289 g/mol. The summed E-state index contributed by atoms with van der Waals surface area (Å²) in [6.07, 6.45) is 3.58. The average Bonchev–Trinajstić information content (AvgIpc) is 2.95. The number of hydrogen-bond donors (Lipinski definition) is 1. The third-order valence-electron chi connectivity index (χ3n) is 3.21. The molecule has 0 atom stereocenters. The van der Waals surface area contributed by atoms with Crippen molar-refractivity contribution in [2.45, 2.75) is 32.6 Å². The molecule has 1 heterocycles. The van der Waals surface area contributed by atoms with E-state index in [1.807, 2.05) is 24.3 Å². The second-order valence-electron chi connectivity index (χ2n) is 4.93. The van der Waals surface area contributed by atoms with Gasteiger partial charge in [-0.15, -0.1) is 10.2 Å². The first-order valence-corrected chi connectivity index (χ1v) is 7.47. The van der Waals surface area contributed by atoms with Crippen molar-refractivity contribution in [3.8, 4) is 5.75 Å². The second kappa shape index (κ2) is 8.42. The summed E-state index contributed by atoms with van der Waals surface area (Å²) in [6.45, 7) is 4.20. The van der Waals surface area contributed by atoms with E-state index in [9.17, 15) is 0 Å². The van der Waals surface area contributed by atoms with Gasteiger partial charge in [0.25, 0.3) is 0 Å². The average molecular weight is 289 g/mol. The van der Waals surface area contributed by atoms with Gasteiger partial charge in [0.1, 0.15) is 5.75 Å². The molecule has 0 saturated carbocycles. The highest BCUT2D eigenvalue weighted by Gasteiger charge is 2.09. The van der Waals surface area contributed by atoms with Crippen molar-refractivity contribution in [2.75, 3.05) is 20.2 Å². The van der Waals surface area contributed by atoms with Crippen LogP contribution in [0.15, 0.2) is 28.7 Å². The highest BCUT2D eigenvalue weighted by atomic mass is 16.5. The Morgan fingerprint density at radius 1 is 1.14 bits per heavy atom. The summed E-state index contributed by atoms with van der Waals surface area (Å²) < 4.78 is 11.0. The molecule has 2 aromatic rings. The van der Waals surface area contributed by atoms with Crippen molar-refractivity contribution < 1.29 is 9.15 Å². The van der Waals surface area contributed by atoms with Crippen molar-refractivity contribution in [1.82, 2.24) is 15.5 Å². The van der Waals surface area contributed by atoms with Crippen molar-refractivity contribution in [3.05, 3.63) is 41.6 Å². The lowest BCUT2D eigenvalue weighted by molar-refractivity contribution is 0.406. The van der Waals surface area contributed by atoms with Crippen molar-refractivity contribution in [3.63, 3.8) is 0 Å². The van der Waals surface area contributed by atoms with Crippen molar-refractivity contribution >= 4 is 0 Å². The van der Waals surface area contributed by atoms with E-state index in [-0.39, 0.29) is 0 Å². The number of nitrogens with one attached hydrogen (secondary N) is 1.